The predicted molar refractivity (Wildman–Crippen MR) is 82.6 cm³/mol. The van der Waals surface area contributed by atoms with Gasteiger partial charge in [-0.25, -0.2) is 9.97 Å². The van der Waals surface area contributed by atoms with E-state index in [0.717, 1.165) is 0 Å². The maximum Gasteiger partial charge on any atom is 0.290 e. The Hall–Kier alpha value is -3.27. The van der Waals surface area contributed by atoms with Gasteiger partial charge in [0.25, 0.3) is 11.4 Å². The molecule has 2 aromatic rings. The second kappa shape index (κ2) is 8.39. The van der Waals surface area contributed by atoms with Gasteiger partial charge in [-0.2, -0.15) is 0 Å². The van der Waals surface area contributed by atoms with E-state index in [1.54, 1.807) is 0 Å². The standard InChI is InChI=1S/C7H8N2O3.C7H6N2O3/c2*1-5-7(9(11)12)3-2-6(4-10)8-5/h2-3,10H,4H2,1H3;2-4H,1H3. The summed E-state index contributed by atoms with van der Waals surface area (Å²) >= 11 is 0. The van der Waals surface area contributed by atoms with Crippen molar-refractivity contribution >= 4 is 17.7 Å². The number of hydrogen-bond acceptors (Lipinski definition) is 8. The summed E-state index contributed by atoms with van der Waals surface area (Å²) in [6.07, 6.45) is 0.552. The lowest BCUT2D eigenvalue weighted by atomic mass is 10.3. The molecule has 1 N–H and O–H groups in total. The van der Waals surface area contributed by atoms with Gasteiger partial charge in [0.15, 0.2) is 6.29 Å². The minimum absolute atomic E-state index is 0.0211. The van der Waals surface area contributed by atoms with Gasteiger partial charge in [-0.15, -0.1) is 0 Å². The molecule has 126 valence electrons. The first kappa shape index (κ1) is 18.8. The Kier molecular flexibility index (Phi) is 6.56. The predicted octanol–water partition coefficient (Wildman–Crippen LogP) is 1.90. The molecule has 10 nitrogen and oxygen atoms in total. The summed E-state index contributed by atoms with van der Waals surface area (Å²) in [5, 5.41) is 29.3. The van der Waals surface area contributed by atoms with Crippen molar-refractivity contribution in [2.75, 3.05) is 0 Å². The molecule has 0 spiro atoms. The third-order valence-corrected chi connectivity index (χ3v) is 2.87. The Morgan fingerprint density at radius 1 is 1.00 bits per heavy atom. The SMILES string of the molecule is Cc1nc(C=O)ccc1[N+](=O)[O-].Cc1nc(CO)ccc1[N+](=O)[O-]. The summed E-state index contributed by atoms with van der Waals surface area (Å²) in [5.41, 5.74) is 1.14. The zero-order chi connectivity index (χ0) is 18.3. The fourth-order valence-electron chi connectivity index (χ4n) is 1.72. The molecule has 0 amide bonds. The number of aliphatic hydroxyl groups excluding tert-OH is 1. The number of aldehydes is 1. The molecule has 0 fully saturated rings. The van der Waals surface area contributed by atoms with E-state index in [2.05, 4.69) is 9.97 Å². The number of aryl methyl sites for hydroxylation is 2. The maximum absolute atomic E-state index is 10.3. The average Bonchev–Trinajstić information content (AvgIpc) is 2.54. The molecule has 2 aromatic heterocycles. The normalized spacial score (nSPS) is 9.62. The molecular formula is C14H14N4O6. The van der Waals surface area contributed by atoms with E-state index in [1.807, 2.05) is 0 Å². The van der Waals surface area contributed by atoms with Gasteiger partial charge < -0.3 is 5.11 Å². The van der Waals surface area contributed by atoms with Crippen LogP contribution in [0.25, 0.3) is 0 Å². The lowest BCUT2D eigenvalue weighted by Crippen LogP contribution is -1.97. The molecule has 2 heterocycles. The minimum Gasteiger partial charge on any atom is -0.390 e. The summed E-state index contributed by atoms with van der Waals surface area (Å²) < 4.78 is 0. The fraction of sp³-hybridized carbons (Fsp3) is 0.214. The van der Waals surface area contributed by atoms with Gasteiger partial charge in [0.05, 0.1) is 22.1 Å². The van der Waals surface area contributed by atoms with Crippen LogP contribution in [0.3, 0.4) is 0 Å². The first-order chi connectivity index (χ1) is 11.3. The third-order valence-electron chi connectivity index (χ3n) is 2.87. The van der Waals surface area contributed by atoms with Crippen LogP contribution in [0.15, 0.2) is 24.3 Å². The molecule has 0 saturated heterocycles. The number of rotatable bonds is 4. The van der Waals surface area contributed by atoms with Crippen LogP contribution in [0.1, 0.15) is 27.6 Å². The highest BCUT2D eigenvalue weighted by atomic mass is 16.6. The van der Waals surface area contributed by atoms with Gasteiger partial charge in [-0.1, -0.05) is 0 Å². The molecule has 10 heteroatoms. The van der Waals surface area contributed by atoms with Crippen LogP contribution in [0.4, 0.5) is 11.4 Å². The summed E-state index contributed by atoms with van der Waals surface area (Å²) in [7, 11) is 0. The van der Waals surface area contributed by atoms with Gasteiger partial charge >= 0.3 is 0 Å². The second-order valence-corrected chi connectivity index (χ2v) is 4.54. The van der Waals surface area contributed by atoms with E-state index in [4.69, 9.17) is 5.11 Å². The molecule has 24 heavy (non-hydrogen) atoms. The number of aromatic nitrogens is 2. The van der Waals surface area contributed by atoms with Crippen LogP contribution in [-0.4, -0.2) is 31.2 Å². The quantitative estimate of drug-likeness (QED) is 0.506. The van der Waals surface area contributed by atoms with Crippen molar-refractivity contribution in [2.24, 2.45) is 0 Å². The number of pyridine rings is 2. The number of aliphatic hydroxyl groups is 1. The number of carbonyl (C=O) groups excluding carboxylic acids is 1. The van der Waals surface area contributed by atoms with Gasteiger partial charge in [-0.05, 0) is 26.0 Å². The molecule has 0 radical (unpaired) electrons. The Labute approximate surface area is 136 Å². The van der Waals surface area contributed by atoms with Crippen molar-refractivity contribution in [3.05, 3.63) is 67.3 Å². The number of hydrogen-bond donors (Lipinski definition) is 1. The van der Waals surface area contributed by atoms with Crippen LogP contribution < -0.4 is 0 Å². The van der Waals surface area contributed by atoms with Gasteiger partial charge in [0.1, 0.15) is 17.1 Å². The van der Waals surface area contributed by atoms with Crippen LogP contribution >= 0.6 is 0 Å². The number of nitro groups is 2. The van der Waals surface area contributed by atoms with Crippen LogP contribution in [0, 0.1) is 34.1 Å². The third kappa shape index (κ3) is 4.88. The summed E-state index contributed by atoms with van der Waals surface area (Å²) in [5.74, 6) is 0. The monoisotopic (exact) mass is 334 g/mol. The van der Waals surface area contributed by atoms with E-state index in [1.165, 1.54) is 38.1 Å². The lowest BCUT2D eigenvalue weighted by molar-refractivity contribution is -0.385. The van der Waals surface area contributed by atoms with Gasteiger partial charge in [0.2, 0.25) is 0 Å². The van der Waals surface area contributed by atoms with E-state index >= 15 is 0 Å². The molecular weight excluding hydrogens is 320 g/mol. The highest BCUT2D eigenvalue weighted by molar-refractivity contribution is 5.72. The zero-order valence-corrected chi connectivity index (χ0v) is 12.9. The molecule has 0 saturated carbocycles. The van der Waals surface area contributed by atoms with Crippen molar-refractivity contribution in [3.8, 4) is 0 Å². The van der Waals surface area contributed by atoms with Crippen molar-refractivity contribution in [3.63, 3.8) is 0 Å². The fourth-order valence-corrected chi connectivity index (χ4v) is 1.72. The van der Waals surface area contributed by atoms with Crippen molar-refractivity contribution in [2.45, 2.75) is 20.5 Å². The van der Waals surface area contributed by atoms with Crippen molar-refractivity contribution in [1.82, 2.24) is 9.97 Å². The molecule has 0 unspecified atom stereocenters. The topological polar surface area (TPSA) is 149 Å². The Balaban J connectivity index is 0.000000240. The summed E-state index contributed by atoms with van der Waals surface area (Å²) in [4.78, 5) is 37.3. The first-order valence-corrected chi connectivity index (χ1v) is 6.59. The van der Waals surface area contributed by atoms with Gasteiger partial charge in [-0.3, -0.25) is 25.0 Å². The smallest absolute Gasteiger partial charge is 0.290 e. The van der Waals surface area contributed by atoms with Crippen LogP contribution in [0.2, 0.25) is 0 Å². The Morgan fingerprint density at radius 2 is 1.50 bits per heavy atom. The molecule has 2 rings (SSSR count). The second-order valence-electron chi connectivity index (χ2n) is 4.54. The maximum atomic E-state index is 10.3. The Morgan fingerprint density at radius 3 is 1.88 bits per heavy atom. The molecule has 0 atom stereocenters. The molecule has 0 aliphatic heterocycles. The van der Waals surface area contributed by atoms with E-state index < -0.39 is 9.85 Å². The highest BCUT2D eigenvalue weighted by Crippen LogP contribution is 2.15. The zero-order valence-electron chi connectivity index (χ0n) is 12.9. The van der Waals surface area contributed by atoms with E-state index in [9.17, 15) is 25.0 Å². The van der Waals surface area contributed by atoms with Crippen molar-refractivity contribution < 1.29 is 19.7 Å². The van der Waals surface area contributed by atoms with Crippen molar-refractivity contribution in [1.29, 1.82) is 0 Å². The Bertz CT molecular complexity index is 778. The van der Waals surface area contributed by atoms with E-state index in [0.29, 0.717) is 17.7 Å². The lowest BCUT2D eigenvalue weighted by Gasteiger charge is -1.97. The van der Waals surface area contributed by atoms with E-state index in [-0.39, 0.29) is 29.4 Å². The van der Waals surface area contributed by atoms with Crippen LogP contribution in [0.5, 0.6) is 0 Å². The van der Waals surface area contributed by atoms with Gasteiger partial charge in [0, 0.05) is 12.1 Å². The molecule has 0 aliphatic carbocycles. The first-order valence-electron chi connectivity index (χ1n) is 6.59. The minimum atomic E-state index is -0.531. The highest BCUT2D eigenvalue weighted by Gasteiger charge is 2.11. The molecule has 0 bridgehead atoms. The summed E-state index contributed by atoms with van der Waals surface area (Å²) in [6.45, 7) is 2.83. The molecule has 0 aliphatic rings. The average molecular weight is 334 g/mol. The van der Waals surface area contributed by atoms with Crippen LogP contribution in [-0.2, 0) is 6.61 Å². The number of carbonyl (C=O) groups is 1. The largest absolute Gasteiger partial charge is 0.390 e. The summed E-state index contributed by atoms with van der Waals surface area (Å²) in [6, 6.07) is 5.36. The number of nitrogens with zero attached hydrogens (tertiary/aromatic N) is 4. The molecule has 0 aromatic carbocycles.